The number of pyridine rings is 1. The molecule has 2 atom stereocenters. The van der Waals surface area contributed by atoms with Gasteiger partial charge in [0.1, 0.15) is 0 Å². The number of halogens is 3. The fraction of sp³-hybridized carbons (Fsp3) is 0.412. The maximum Gasteiger partial charge on any atom is 0.416 e. The molecular formula is C17H18F3N3O2. The van der Waals surface area contributed by atoms with Crippen molar-refractivity contribution in [2.45, 2.75) is 37.6 Å². The van der Waals surface area contributed by atoms with E-state index in [2.05, 4.69) is 10.3 Å². The number of para-hydroxylation sites is 1. The van der Waals surface area contributed by atoms with Crippen molar-refractivity contribution in [1.82, 2.24) is 9.88 Å². The van der Waals surface area contributed by atoms with Crippen LogP contribution in [-0.2, 0) is 0 Å². The third-order valence-corrected chi connectivity index (χ3v) is 4.38. The summed E-state index contributed by atoms with van der Waals surface area (Å²) in [5.74, 6) is 0. The minimum absolute atomic E-state index is 0.113. The molecule has 2 heterocycles. The Balaban J connectivity index is 1.83. The van der Waals surface area contributed by atoms with Gasteiger partial charge < -0.3 is 15.3 Å². The average molecular weight is 353 g/mol. The van der Waals surface area contributed by atoms with Crippen molar-refractivity contribution in [2.24, 2.45) is 0 Å². The van der Waals surface area contributed by atoms with Gasteiger partial charge in [-0.05, 0) is 31.4 Å². The summed E-state index contributed by atoms with van der Waals surface area (Å²) in [6.07, 6.45) is -4.48. The fourth-order valence-electron chi connectivity index (χ4n) is 3.15. The molecule has 0 bridgehead atoms. The van der Waals surface area contributed by atoms with Gasteiger partial charge in [-0.2, -0.15) is 13.2 Å². The van der Waals surface area contributed by atoms with Crippen LogP contribution in [0, 0.1) is 0 Å². The predicted molar refractivity (Wildman–Crippen MR) is 87.2 cm³/mol. The quantitative estimate of drug-likeness (QED) is 0.868. The Morgan fingerprint density at radius 3 is 2.80 bits per heavy atom. The molecule has 5 nitrogen and oxygen atoms in total. The number of urea groups is 1. The fourth-order valence-corrected chi connectivity index (χ4v) is 3.15. The third-order valence-electron chi connectivity index (χ3n) is 4.38. The molecule has 25 heavy (non-hydrogen) atoms. The highest BCUT2D eigenvalue weighted by Crippen LogP contribution is 2.31. The van der Waals surface area contributed by atoms with E-state index >= 15 is 0 Å². The Morgan fingerprint density at radius 1 is 1.28 bits per heavy atom. The minimum Gasteiger partial charge on any atom is -0.382 e. The molecule has 0 aliphatic carbocycles. The number of carbonyl (C=O) groups excluding carboxylic acids is 1. The number of benzene rings is 1. The summed E-state index contributed by atoms with van der Waals surface area (Å²) in [7, 11) is 0. The smallest absolute Gasteiger partial charge is 0.382 e. The van der Waals surface area contributed by atoms with Crippen molar-refractivity contribution in [2.75, 3.05) is 11.9 Å². The summed E-state index contributed by atoms with van der Waals surface area (Å²) in [4.78, 5) is 17.8. The van der Waals surface area contributed by atoms with E-state index in [0.29, 0.717) is 24.0 Å². The monoisotopic (exact) mass is 353 g/mol. The van der Waals surface area contributed by atoms with Gasteiger partial charge in [0.25, 0.3) is 0 Å². The second kappa shape index (κ2) is 6.87. The molecule has 0 spiro atoms. The number of hydrogen-bond donors (Lipinski definition) is 2. The van der Waals surface area contributed by atoms with E-state index < -0.39 is 24.4 Å². The van der Waals surface area contributed by atoms with E-state index in [-0.39, 0.29) is 13.0 Å². The molecule has 1 fully saturated rings. The van der Waals surface area contributed by atoms with Crippen LogP contribution in [0.15, 0.2) is 36.5 Å². The second-order valence-electron chi connectivity index (χ2n) is 6.05. The van der Waals surface area contributed by atoms with Gasteiger partial charge in [-0.25, -0.2) is 4.79 Å². The molecule has 1 aliphatic rings. The number of fused-ring (bicyclic) bond motifs is 1. The van der Waals surface area contributed by atoms with E-state index in [1.165, 1.54) is 0 Å². The van der Waals surface area contributed by atoms with Gasteiger partial charge in [-0.3, -0.25) is 4.98 Å². The van der Waals surface area contributed by atoms with Crippen molar-refractivity contribution in [1.29, 1.82) is 0 Å². The van der Waals surface area contributed by atoms with Crippen LogP contribution in [-0.4, -0.2) is 45.9 Å². The Kier molecular flexibility index (Phi) is 4.80. The molecule has 134 valence electrons. The van der Waals surface area contributed by atoms with Gasteiger partial charge in [0.15, 0.2) is 6.10 Å². The van der Waals surface area contributed by atoms with Crippen LogP contribution in [0.3, 0.4) is 0 Å². The third kappa shape index (κ3) is 3.68. The number of carbonyl (C=O) groups is 1. The number of nitrogens with one attached hydrogen (secondary N) is 1. The van der Waals surface area contributed by atoms with Crippen LogP contribution in [0.5, 0.6) is 0 Å². The highest BCUT2D eigenvalue weighted by Gasteiger charge is 2.47. The van der Waals surface area contributed by atoms with Gasteiger partial charge in [-0.1, -0.05) is 18.2 Å². The molecule has 1 aliphatic heterocycles. The van der Waals surface area contributed by atoms with Crippen molar-refractivity contribution in [3.8, 4) is 0 Å². The van der Waals surface area contributed by atoms with Crippen LogP contribution < -0.4 is 5.32 Å². The number of nitrogens with zero attached hydrogens (tertiary/aromatic N) is 2. The Bertz CT molecular complexity index is 761. The lowest BCUT2D eigenvalue weighted by atomic mass is 9.97. The van der Waals surface area contributed by atoms with E-state index in [9.17, 15) is 23.1 Å². The molecule has 0 unspecified atom stereocenters. The summed E-state index contributed by atoms with van der Waals surface area (Å²) in [5.41, 5.74) is 0.984. The number of anilines is 1. The molecule has 8 heteroatoms. The van der Waals surface area contributed by atoms with Gasteiger partial charge in [0.05, 0.1) is 17.2 Å². The summed E-state index contributed by atoms with van der Waals surface area (Å²) in [6, 6.07) is 6.85. The average Bonchev–Trinajstić information content (AvgIpc) is 2.60. The zero-order valence-electron chi connectivity index (χ0n) is 13.3. The van der Waals surface area contributed by atoms with Crippen molar-refractivity contribution < 1.29 is 23.1 Å². The lowest BCUT2D eigenvalue weighted by Gasteiger charge is -2.38. The molecule has 0 radical (unpaired) electrons. The highest BCUT2D eigenvalue weighted by atomic mass is 19.4. The first-order valence-corrected chi connectivity index (χ1v) is 8.04. The first kappa shape index (κ1) is 17.5. The molecule has 1 aromatic carbocycles. The normalized spacial score (nSPS) is 19.7. The minimum atomic E-state index is -4.76. The number of aliphatic hydroxyl groups is 1. The molecule has 2 N–H and O–H groups in total. The zero-order valence-corrected chi connectivity index (χ0v) is 13.3. The van der Waals surface area contributed by atoms with Crippen LogP contribution in [0.4, 0.5) is 23.7 Å². The maximum absolute atomic E-state index is 12.9. The molecular weight excluding hydrogens is 335 g/mol. The lowest BCUT2D eigenvalue weighted by molar-refractivity contribution is -0.221. The van der Waals surface area contributed by atoms with Crippen LogP contribution in [0.1, 0.15) is 19.3 Å². The maximum atomic E-state index is 12.9. The molecule has 3 rings (SSSR count). The number of alkyl halides is 3. The molecule has 1 aromatic heterocycles. The Labute approximate surface area is 142 Å². The number of rotatable bonds is 2. The Morgan fingerprint density at radius 2 is 2.04 bits per heavy atom. The summed E-state index contributed by atoms with van der Waals surface area (Å²) < 4.78 is 38.7. The zero-order chi connectivity index (χ0) is 18.0. The van der Waals surface area contributed by atoms with Gasteiger partial charge >= 0.3 is 12.2 Å². The van der Waals surface area contributed by atoms with Gasteiger partial charge in [0, 0.05) is 18.1 Å². The standard InChI is InChI=1S/C17H18F3N3O2/c18-17(19,20)15(24)13-8-1-2-10-23(13)16(25)22-12-7-3-5-11-6-4-9-21-14(11)12/h3-7,9,13,15,24H,1-2,8,10H2,(H,22,25)/t13-,15+/m1/s1. The van der Waals surface area contributed by atoms with Crippen molar-refractivity contribution in [3.63, 3.8) is 0 Å². The van der Waals surface area contributed by atoms with Crippen molar-refractivity contribution in [3.05, 3.63) is 36.5 Å². The van der Waals surface area contributed by atoms with Crippen LogP contribution in [0.2, 0.25) is 0 Å². The number of piperidine rings is 1. The van der Waals surface area contributed by atoms with E-state index in [1.807, 2.05) is 12.1 Å². The van der Waals surface area contributed by atoms with Crippen LogP contribution in [0.25, 0.3) is 10.9 Å². The SMILES string of the molecule is O=C(Nc1cccc2cccnc12)N1CCCC[C@@H]1[C@H](O)C(F)(F)F. The second-order valence-corrected chi connectivity index (χ2v) is 6.05. The molecule has 2 amide bonds. The summed E-state index contributed by atoms with van der Waals surface area (Å²) >= 11 is 0. The molecule has 1 saturated heterocycles. The van der Waals surface area contributed by atoms with E-state index in [0.717, 1.165) is 10.3 Å². The largest absolute Gasteiger partial charge is 0.416 e. The summed E-state index contributed by atoms with van der Waals surface area (Å²) in [5, 5.41) is 13.1. The number of likely N-dealkylation sites (tertiary alicyclic amines) is 1. The first-order chi connectivity index (χ1) is 11.9. The lowest BCUT2D eigenvalue weighted by Crippen LogP contribution is -2.55. The van der Waals surface area contributed by atoms with Gasteiger partial charge in [0.2, 0.25) is 0 Å². The summed E-state index contributed by atoms with van der Waals surface area (Å²) in [6.45, 7) is 0.168. The van der Waals surface area contributed by atoms with Crippen LogP contribution >= 0.6 is 0 Å². The Hall–Kier alpha value is -2.35. The predicted octanol–water partition coefficient (Wildman–Crippen LogP) is 3.54. The molecule has 2 aromatic rings. The first-order valence-electron chi connectivity index (χ1n) is 8.04. The number of amides is 2. The van der Waals surface area contributed by atoms with Gasteiger partial charge in [-0.15, -0.1) is 0 Å². The van der Waals surface area contributed by atoms with Crippen molar-refractivity contribution >= 4 is 22.6 Å². The van der Waals surface area contributed by atoms with E-state index in [1.54, 1.807) is 24.4 Å². The van der Waals surface area contributed by atoms with E-state index in [4.69, 9.17) is 0 Å². The topological polar surface area (TPSA) is 65.5 Å². The highest BCUT2D eigenvalue weighted by molar-refractivity contribution is 5.99. The number of aromatic nitrogens is 1. The molecule has 0 saturated carbocycles. The number of aliphatic hydroxyl groups excluding tert-OH is 1. The number of hydrogen-bond acceptors (Lipinski definition) is 3.